The molecule has 2 unspecified atom stereocenters. The van der Waals surface area contributed by atoms with Gasteiger partial charge in [0.15, 0.2) is 11.5 Å². The van der Waals surface area contributed by atoms with E-state index < -0.39 is 12.1 Å². The average molecular weight is 656 g/mol. The van der Waals surface area contributed by atoms with Crippen LogP contribution in [0.1, 0.15) is 113 Å². The van der Waals surface area contributed by atoms with Crippen LogP contribution >= 0.6 is 0 Å². The second-order valence-electron chi connectivity index (χ2n) is 13.3. The molecule has 9 nitrogen and oxygen atoms in total. The number of nitrogens with one attached hydrogen (secondary N) is 1. The normalized spacial score (nSPS) is 19.1. The molecule has 0 spiro atoms. The maximum absolute atomic E-state index is 14.3. The van der Waals surface area contributed by atoms with Crippen molar-refractivity contribution in [3.05, 3.63) is 66.3 Å². The highest BCUT2D eigenvalue weighted by Gasteiger charge is 2.40. The van der Waals surface area contributed by atoms with Crippen LogP contribution in [0.4, 0.5) is 4.79 Å². The number of esters is 1. The summed E-state index contributed by atoms with van der Waals surface area (Å²) in [5, 5.41) is 13.6. The molecular weight excluding hydrogens is 602 g/mol. The number of H-pyrrole nitrogens is 1. The molecule has 0 radical (unpaired) electrons. The molecule has 2 atom stereocenters. The largest absolute Gasteiger partial charge is 0.458 e. The third-order valence-corrected chi connectivity index (χ3v) is 9.48. The maximum atomic E-state index is 14.3. The Kier molecular flexibility index (Phi) is 13.5. The van der Waals surface area contributed by atoms with E-state index in [-0.39, 0.29) is 53.7 Å². The molecule has 1 N–H and O–H groups in total. The third-order valence-electron chi connectivity index (χ3n) is 9.48. The van der Waals surface area contributed by atoms with Crippen LogP contribution in [0.3, 0.4) is 0 Å². The first-order valence-corrected chi connectivity index (χ1v) is 17.8. The number of benzene rings is 1. The summed E-state index contributed by atoms with van der Waals surface area (Å²) in [5.74, 6) is 0.798. The zero-order valence-electron chi connectivity index (χ0n) is 29.3. The van der Waals surface area contributed by atoms with Gasteiger partial charge >= 0.3 is 12.1 Å². The van der Waals surface area contributed by atoms with E-state index in [1.54, 1.807) is 12.2 Å². The summed E-state index contributed by atoms with van der Waals surface area (Å²) in [4.78, 5) is 33.9. The van der Waals surface area contributed by atoms with Crippen LogP contribution in [0, 0.1) is 29.1 Å². The molecule has 1 aliphatic carbocycles. The van der Waals surface area contributed by atoms with Gasteiger partial charge in [-0.1, -0.05) is 96.2 Å². The first-order valence-electron chi connectivity index (χ1n) is 17.8. The van der Waals surface area contributed by atoms with Crippen molar-refractivity contribution < 1.29 is 19.1 Å². The fourth-order valence-corrected chi connectivity index (χ4v) is 7.06. The number of amides is 1. The van der Waals surface area contributed by atoms with Gasteiger partial charge in [0, 0.05) is 18.7 Å². The van der Waals surface area contributed by atoms with Crippen molar-refractivity contribution in [2.24, 2.45) is 17.8 Å². The van der Waals surface area contributed by atoms with E-state index in [0.29, 0.717) is 11.7 Å². The quantitative estimate of drug-likeness (QED) is 0.115. The molecule has 1 amide bonds. The number of aromatic nitrogens is 3. The number of aryl methyl sites for hydroxylation is 1. The lowest BCUT2D eigenvalue weighted by Gasteiger charge is -2.40. The Morgan fingerprint density at radius 1 is 1.02 bits per heavy atom. The van der Waals surface area contributed by atoms with Crippen LogP contribution in [-0.4, -0.2) is 50.8 Å². The molecule has 4 rings (SSSR count). The molecule has 1 fully saturated rings. The lowest BCUT2D eigenvalue weighted by Crippen LogP contribution is -2.40. The maximum Gasteiger partial charge on any atom is 0.417 e. The second kappa shape index (κ2) is 17.7. The van der Waals surface area contributed by atoms with Gasteiger partial charge in [-0.05, 0) is 61.8 Å². The highest BCUT2D eigenvalue weighted by molar-refractivity contribution is 6.01. The van der Waals surface area contributed by atoms with E-state index >= 15 is 0 Å². The van der Waals surface area contributed by atoms with Gasteiger partial charge in [0.05, 0.1) is 0 Å². The van der Waals surface area contributed by atoms with E-state index in [0.717, 1.165) is 76.2 Å². The summed E-state index contributed by atoms with van der Waals surface area (Å²) in [6.07, 6.45) is 13.7. The predicted molar refractivity (Wildman–Crippen MR) is 190 cm³/mol. The van der Waals surface area contributed by atoms with E-state index in [9.17, 15) is 14.9 Å². The second-order valence-corrected chi connectivity index (χ2v) is 13.3. The van der Waals surface area contributed by atoms with E-state index in [4.69, 9.17) is 14.5 Å². The number of carbonyl (C=O) groups is 2. The van der Waals surface area contributed by atoms with Gasteiger partial charge in [0.2, 0.25) is 5.88 Å². The fourth-order valence-electron chi connectivity index (χ4n) is 7.06. The number of carbonyl (C=O) groups excluding carboxylic acids is 2. The lowest BCUT2D eigenvalue weighted by molar-refractivity contribution is -0.0393. The van der Waals surface area contributed by atoms with Gasteiger partial charge in [0.25, 0.3) is 0 Å². The highest BCUT2D eigenvalue weighted by atomic mass is 16.6. The molecule has 2 aromatic heterocycles. The molecule has 1 aromatic carbocycles. The number of hydrogen-bond donors (Lipinski definition) is 1. The molecule has 1 saturated carbocycles. The number of rotatable bonds is 17. The minimum atomic E-state index is -0.706. The molecule has 2 heterocycles. The number of unbranched alkanes of at least 4 members (excludes halogenated alkanes) is 3. The first-order chi connectivity index (χ1) is 23.3. The molecule has 0 saturated heterocycles. The zero-order chi connectivity index (χ0) is 34.6. The van der Waals surface area contributed by atoms with Crippen molar-refractivity contribution >= 4 is 17.7 Å². The summed E-state index contributed by atoms with van der Waals surface area (Å²) in [6, 6.07) is 10.2. The Balaban J connectivity index is 1.79. The van der Waals surface area contributed by atoms with E-state index in [1.807, 2.05) is 12.1 Å². The van der Waals surface area contributed by atoms with Crippen LogP contribution in [0.5, 0.6) is 5.88 Å². The average Bonchev–Trinajstić information content (AvgIpc) is 3.63. The van der Waals surface area contributed by atoms with Gasteiger partial charge < -0.3 is 14.4 Å². The van der Waals surface area contributed by atoms with Gasteiger partial charge in [-0.3, -0.25) is 5.10 Å². The first kappa shape index (κ1) is 36.5. The van der Waals surface area contributed by atoms with Crippen LogP contribution in [0.25, 0.3) is 17.0 Å². The van der Waals surface area contributed by atoms with E-state index in [1.165, 1.54) is 15.0 Å². The standard InChI is InChI=1S/C39H53N5O4/c1-7-12-15-28-18-20-29(21-19-28)35-41-36-33(32(26-40)37(44(36)42-35)48-39(46)43(22-10-4)23-11-5)38(45)47-34-30(16-13-8-2)24-27(6)25-31(34)17-14-9-3/h10-11,18-21,27,30-31,34H,4-5,7-9,12-17,22-25H2,1-3,6H3,(H,41,42). The summed E-state index contributed by atoms with van der Waals surface area (Å²) >= 11 is 0. The number of hydrogen-bond acceptors (Lipinski definition) is 6. The number of nitriles is 1. The zero-order valence-corrected chi connectivity index (χ0v) is 29.3. The van der Waals surface area contributed by atoms with E-state index in [2.05, 4.69) is 64.2 Å². The molecular formula is C39H53N5O4. The monoisotopic (exact) mass is 655 g/mol. The van der Waals surface area contributed by atoms with Crippen molar-refractivity contribution in [2.45, 2.75) is 104 Å². The molecule has 48 heavy (non-hydrogen) atoms. The Bertz CT molecular complexity index is 1550. The summed E-state index contributed by atoms with van der Waals surface area (Å²) in [7, 11) is 0. The molecule has 3 aromatic rings. The topological polar surface area (TPSA) is 113 Å². The minimum absolute atomic E-state index is 0.00321. The van der Waals surface area contributed by atoms with Crippen molar-refractivity contribution in [3.8, 4) is 23.3 Å². The summed E-state index contributed by atoms with van der Waals surface area (Å²) in [5.41, 5.74) is 2.12. The van der Waals surface area contributed by atoms with Crippen molar-refractivity contribution in [3.63, 3.8) is 0 Å². The molecule has 0 aliphatic heterocycles. The SMILES string of the molecule is C=CCN(CC=C)C(=O)Oc1c(C#N)c(C(=O)OC2C(CCCC)CC(C)CC2CCCC)c2nc(-c3ccc(CCCC)cc3)[nH]n12. The van der Waals surface area contributed by atoms with Crippen LogP contribution < -0.4 is 4.74 Å². The Morgan fingerprint density at radius 3 is 2.17 bits per heavy atom. The van der Waals surface area contributed by atoms with Crippen molar-refractivity contribution in [1.82, 2.24) is 19.5 Å². The minimum Gasteiger partial charge on any atom is -0.458 e. The molecule has 0 bridgehead atoms. The Labute approximate surface area is 286 Å². The number of nitrogens with zero attached hydrogens (tertiary/aromatic N) is 4. The summed E-state index contributed by atoms with van der Waals surface area (Å²) < 4.78 is 13.8. The van der Waals surface area contributed by atoms with Crippen LogP contribution in [-0.2, 0) is 11.2 Å². The smallest absolute Gasteiger partial charge is 0.417 e. The molecule has 258 valence electrons. The van der Waals surface area contributed by atoms with Crippen molar-refractivity contribution in [1.29, 1.82) is 5.26 Å². The Hall–Kier alpha value is -4.32. The molecule has 1 aliphatic rings. The fraction of sp³-hybridized carbons (Fsp3) is 0.538. The number of aromatic amines is 1. The number of fused-ring (bicyclic) bond motifs is 1. The number of ether oxygens (including phenoxy) is 2. The molecule has 9 heteroatoms. The summed E-state index contributed by atoms with van der Waals surface area (Å²) in [6.45, 7) is 16.7. The predicted octanol–water partition coefficient (Wildman–Crippen LogP) is 9.28. The third kappa shape index (κ3) is 8.58. The van der Waals surface area contributed by atoms with Gasteiger partial charge in [-0.15, -0.1) is 13.2 Å². The van der Waals surface area contributed by atoms with Gasteiger partial charge in [-0.25, -0.2) is 19.1 Å². The van der Waals surface area contributed by atoms with Crippen molar-refractivity contribution in [2.75, 3.05) is 13.1 Å². The van der Waals surface area contributed by atoms with Gasteiger partial charge in [0.1, 0.15) is 23.3 Å². The van der Waals surface area contributed by atoms with Gasteiger partial charge in [-0.2, -0.15) is 5.26 Å². The van der Waals surface area contributed by atoms with Crippen LogP contribution in [0.2, 0.25) is 0 Å². The Morgan fingerprint density at radius 2 is 1.62 bits per heavy atom. The highest BCUT2D eigenvalue weighted by Crippen LogP contribution is 2.41. The lowest BCUT2D eigenvalue weighted by atomic mass is 9.70. The van der Waals surface area contributed by atoms with Crippen LogP contribution in [0.15, 0.2) is 49.6 Å².